The molecule has 1 amide bonds. The summed E-state index contributed by atoms with van der Waals surface area (Å²) >= 11 is 9.54. The van der Waals surface area contributed by atoms with E-state index in [1.165, 1.54) is 0 Å². The Morgan fingerprint density at radius 1 is 1.03 bits per heavy atom. The Bertz CT molecular complexity index is 1060. The van der Waals surface area contributed by atoms with Gasteiger partial charge in [-0.05, 0) is 54.4 Å². The third kappa shape index (κ3) is 6.40. The first kappa shape index (κ1) is 23.0. The van der Waals surface area contributed by atoms with Gasteiger partial charge in [-0.1, -0.05) is 63.9 Å². The second-order valence-corrected chi connectivity index (χ2v) is 8.08. The third-order valence-electron chi connectivity index (χ3n) is 4.55. The minimum atomic E-state index is -0.349. The zero-order valence-corrected chi connectivity index (χ0v) is 19.2. The van der Waals surface area contributed by atoms with Crippen molar-refractivity contribution in [3.63, 3.8) is 0 Å². The fourth-order valence-corrected chi connectivity index (χ4v) is 3.73. The highest BCUT2D eigenvalue weighted by molar-refractivity contribution is 9.10. The standard InChI is InChI=1S/C24H22BrClN2O3/c1-2-31-22(29)15-27-23(16-7-4-3-5-8-16)20-14-18(25)11-12-21(20)28-24(30)17-9-6-10-19(26)13-17/h3-14,23,27H,2,15H2,1H3,(H,28,30)/t23-/m0/s1. The normalized spacial score (nSPS) is 11.6. The van der Waals surface area contributed by atoms with Gasteiger partial charge in [-0.2, -0.15) is 0 Å². The summed E-state index contributed by atoms with van der Waals surface area (Å²) in [6.07, 6.45) is 0. The van der Waals surface area contributed by atoms with Gasteiger partial charge in [0.1, 0.15) is 0 Å². The number of hydrogen-bond acceptors (Lipinski definition) is 4. The minimum absolute atomic E-state index is 0.0294. The van der Waals surface area contributed by atoms with Gasteiger partial charge >= 0.3 is 5.97 Å². The molecule has 0 unspecified atom stereocenters. The fraction of sp³-hybridized carbons (Fsp3) is 0.167. The van der Waals surface area contributed by atoms with Gasteiger partial charge in [0.15, 0.2) is 0 Å². The van der Waals surface area contributed by atoms with Gasteiger partial charge in [0.2, 0.25) is 0 Å². The summed E-state index contributed by atoms with van der Waals surface area (Å²) in [7, 11) is 0. The minimum Gasteiger partial charge on any atom is -0.465 e. The number of halogens is 2. The van der Waals surface area contributed by atoms with Crippen LogP contribution in [0.3, 0.4) is 0 Å². The van der Waals surface area contributed by atoms with Crippen molar-refractivity contribution in [2.24, 2.45) is 0 Å². The topological polar surface area (TPSA) is 67.4 Å². The molecule has 0 aliphatic rings. The molecule has 0 bridgehead atoms. The summed E-state index contributed by atoms with van der Waals surface area (Å²) in [6, 6.07) is 21.7. The zero-order valence-electron chi connectivity index (χ0n) is 16.9. The molecule has 0 aromatic heterocycles. The van der Waals surface area contributed by atoms with Gasteiger partial charge < -0.3 is 10.1 Å². The number of esters is 1. The Morgan fingerprint density at radius 3 is 2.52 bits per heavy atom. The molecule has 0 fully saturated rings. The third-order valence-corrected chi connectivity index (χ3v) is 5.28. The Morgan fingerprint density at radius 2 is 1.81 bits per heavy atom. The summed E-state index contributed by atoms with van der Waals surface area (Å²) in [5.74, 6) is -0.619. The molecule has 0 heterocycles. The quantitative estimate of drug-likeness (QED) is 0.395. The number of nitrogens with one attached hydrogen (secondary N) is 2. The molecule has 0 radical (unpaired) electrons. The Hall–Kier alpha value is -2.67. The number of ether oxygens (including phenoxy) is 1. The molecule has 5 nitrogen and oxygen atoms in total. The van der Waals surface area contributed by atoms with Gasteiger partial charge in [-0.15, -0.1) is 0 Å². The molecule has 3 aromatic rings. The van der Waals surface area contributed by atoms with Crippen LogP contribution in [0.1, 0.15) is 34.5 Å². The molecule has 3 aromatic carbocycles. The summed E-state index contributed by atoms with van der Waals surface area (Å²) < 4.78 is 5.91. The lowest BCUT2D eigenvalue weighted by atomic mass is 9.96. The fourth-order valence-electron chi connectivity index (χ4n) is 3.16. The first-order valence-electron chi connectivity index (χ1n) is 9.78. The highest BCUT2D eigenvalue weighted by Gasteiger charge is 2.20. The largest absolute Gasteiger partial charge is 0.465 e. The van der Waals surface area contributed by atoms with E-state index in [4.69, 9.17) is 16.3 Å². The van der Waals surface area contributed by atoms with Crippen molar-refractivity contribution >= 4 is 45.1 Å². The second kappa shape index (κ2) is 11.1. The molecule has 2 N–H and O–H groups in total. The van der Waals surface area contributed by atoms with Crippen molar-refractivity contribution in [3.8, 4) is 0 Å². The Balaban J connectivity index is 1.95. The van der Waals surface area contributed by atoms with Crippen LogP contribution in [0.4, 0.5) is 5.69 Å². The summed E-state index contributed by atoms with van der Waals surface area (Å²) in [4.78, 5) is 24.8. The lowest BCUT2D eigenvalue weighted by molar-refractivity contribution is -0.142. The van der Waals surface area contributed by atoms with Gasteiger partial charge in [0.05, 0.1) is 19.2 Å². The van der Waals surface area contributed by atoms with Crippen LogP contribution < -0.4 is 10.6 Å². The van der Waals surface area contributed by atoms with Crippen LogP contribution in [0.15, 0.2) is 77.3 Å². The molecule has 160 valence electrons. The van der Waals surface area contributed by atoms with E-state index in [0.29, 0.717) is 22.9 Å². The van der Waals surface area contributed by atoms with Crippen LogP contribution in [0.2, 0.25) is 5.02 Å². The number of hydrogen-bond donors (Lipinski definition) is 2. The monoisotopic (exact) mass is 500 g/mol. The number of anilines is 1. The Kier molecular flexibility index (Phi) is 8.23. The molecular weight excluding hydrogens is 480 g/mol. The van der Waals surface area contributed by atoms with Crippen LogP contribution >= 0.6 is 27.5 Å². The maximum absolute atomic E-state index is 12.8. The van der Waals surface area contributed by atoms with Crippen molar-refractivity contribution < 1.29 is 14.3 Å². The van der Waals surface area contributed by atoms with E-state index in [-0.39, 0.29) is 24.5 Å². The van der Waals surface area contributed by atoms with E-state index in [1.54, 1.807) is 31.2 Å². The van der Waals surface area contributed by atoms with E-state index in [0.717, 1.165) is 15.6 Å². The number of rotatable bonds is 8. The number of carbonyl (C=O) groups excluding carboxylic acids is 2. The van der Waals surface area contributed by atoms with E-state index in [9.17, 15) is 9.59 Å². The van der Waals surface area contributed by atoms with Crippen molar-refractivity contribution in [1.29, 1.82) is 0 Å². The smallest absolute Gasteiger partial charge is 0.319 e. The van der Waals surface area contributed by atoms with Crippen molar-refractivity contribution in [2.45, 2.75) is 13.0 Å². The van der Waals surface area contributed by atoms with Gasteiger partial charge in [0, 0.05) is 20.7 Å². The molecule has 31 heavy (non-hydrogen) atoms. The SMILES string of the molecule is CCOC(=O)CN[C@@H](c1ccccc1)c1cc(Br)ccc1NC(=O)c1cccc(Cl)c1. The zero-order chi connectivity index (χ0) is 22.2. The molecule has 1 atom stereocenters. The van der Waals surface area contributed by atoms with E-state index < -0.39 is 0 Å². The molecule has 0 aliphatic carbocycles. The predicted octanol–water partition coefficient (Wildman–Crippen LogP) is 5.60. The van der Waals surface area contributed by atoms with Crippen molar-refractivity contribution in [3.05, 3.63) is 99.0 Å². The number of carbonyl (C=O) groups is 2. The van der Waals surface area contributed by atoms with Crippen molar-refractivity contribution in [2.75, 3.05) is 18.5 Å². The van der Waals surface area contributed by atoms with E-state index in [1.807, 2.05) is 48.5 Å². The molecular formula is C24H22BrClN2O3. The summed E-state index contributed by atoms with van der Waals surface area (Å²) in [6.45, 7) is 2.11. The Labute approximate surface area is 194 Å². The van der Waals surface area contributed by atoms with E-state index in [2.05, 4.69) is 26.6 Å². The molecule has 0 spiro atoms. The molecule has 7 heteroatoms. The van der Waals surface area contributed by atoms with E-state index >= 15 is 0 Å². The lowest BCUT2D eigenvalue weighted by Crippen LogP contribution is -2.30. The van der Waals surface area contributed by atoms with Crippen molar-refractivity contribution in [1.82, 2.24) is 5.32 Å². The average Bonchev–Trinajstić information content (AvgIpc) is 2.76. The van der Waals surface area contributed by atoms with Crippen LogP contribution in [0, 0.1) is 0 Å². The molecule has 0 saturated heterocycles. The maximum atomic E-state index is 12.8. The lowest BCUT2D eigenvalue weighted by Gasteiger charge is -2.23. The first-order chi connectivity index (χ1) is 15.0. The number of amides is 1. The van der Waals surface area contributed by atoms with Gasteiger partial charge in [0.25, 0.3) is 5.91 Å². The molecule has 3 rings (SSSR count). The predicted molar refractivity (Wildman–Crippen MR) is 126 cm³/mol. The van der Waals surface area contributed by atoms with Gasteiger partial charge in [-0.25, -0.2) is 0 Å². The summed E-state index contributed by atoms with van der Waals surface area (Å²) in [5.41, 5.74) is 2.83. The molecule has 0 aliphatic heterocycles. The van der Waals surface area contributed by atoms with Crippen LogP contribution in [0.25, 0.3) is 0 Å². The van der Waals surface area contributed by atoms with Crippen LogP contribution in [-0.4, -0.2) is 25.0 Å². The first-order valence-corrected chi connectivity index (χ1v) is 11.0. The van der Waals surface area contributed by atoms with Crippen LogP contribution in [0.5, 0.6) is 0 Å². The summed E-state index contributed by atoms with van der Waals surface area (Å²) in [5, 5.41) is 6.72. The molecule has 0 saturated carbocycles. The highest BCUT2D eigenvalue weighted by Crippen LogP contribution is 2.31. The second-order valence-electron chi connectivity index (χ2n) is 6.73. The van der Waals surface area contributed by atoms with Crippen LogP contribution in [-0.2, 0) is 9.53 Å². The van der Waals surface area contributed by atoms with Gasteiger partial charge in [-0.3, -0.25) is 14.9 Å². The highest BCUT2D eigenvalue weighted by atomic mass is 79.9. The average molecular weight is 502 g/mol. The maximum Gasteiger partial charge on any atom is 0.319 e. The number of benzene rings is 3.